The van der Waals surface area contributed by atoms with E-state index in [2.05, 4.69) is 65.4 Å². The maximum atomic E-state index is 4.36. The van der Waals surface area contributed by atoms with Crippen molar-refractivity contribution in [2.45, 2.75) is 44.6 Å². The van der Waals surface area contributed by atoms with E-state index in [4.69, 9.17) is 0 Å². The molecule has 1 heterocycles. The molecule has 1 aliphatic carbocycles. The van der Waals surface area contributed by atoms with Crippen LogP contribution >= 0.6 is 15.9 Å². The van der Waals surface area contributed by atoms with E-state index in [1.54, 1.807) is 0 Å². The molecule has 0 unspecified atom stereocenters. The summed E-state index contributed by atoms with van der Waals surface area (Å²) < 4.78 is 3.40. The highest BCUT2D eigenvalue weighted by atomic mass is 79.9. The number of hydrogen-bond acceptors (Lipinski definition) is 2. The van der Waals surface area contributed by atoms with E-state index < -0.39 is 0 Å². The lowest BCUT2D eigenvalue weighted by Gasteiger charge is -2.20. The van der Waals surface area contributed by atoms with Gasteiger partial charge in [0.1, 0.15) is 5.82 Å². The summed E-state index contributed by atoms with van der Waals surface area (Å²) in [7, 11) is 1.84. The topological polar surface area (TPSA) is 54.2 Å². The van der Waals surface area contributed by atoms with Gasteiger partial charge in [0, 0.05) is 49.0 Å². The molecule has 3 rings (SSSR count). The van der Waals surface area contributed by atoms with E-state index in [1.165, 1.54) is 22.9 Å². The van der Waals surface area contributed by atoms with E-state index in [1.807, 2.05) is 26.4 Å². The summed E-state index contributed by atoms with van der Waals surface area (Å²) in [4.78, 5) is 8.62. The lowest BCUT2D eigenvalue weighted by molar-refractivity contribution is 0.584. The van der Waals surface area contributed by atoms with E-state index in [0.717, 1.165) is 44.3 Å². The summed E-state index contributed by atoms with van der Waals surface area (Å²) in [6, 6.07) is 8.55. The number of aliphatic imine (C=N–C) groups is 1. The fraction of sp³-hybridized carbons (Fsp3) is 0.500. The van der Waals surface area contributed by atoms with Gasteiger partial charge < -0.3 is 15.2 Å². The highest BCUT2D eigenvalue weighted by Crippen LogP contribution is 2.49. The highest BCUT2D eigenvalue weighted by Gasteiger charge is 2.45. The Hall–Kier alpha value is -1.82. The smallest absolute Gasteiger partial charge is 0.191 e. The van der Waals surface area contributed by atoms with Crippen molar-refractivity contribution in [2.75, 3.05) is 20.1 Å². The van der Waals surface area contributed by atoms with Gasteiger partial charge in [-0.25, -0.2) is 4.98 Å². The predicted molar refractivity (Wildman–Crippen MR) is 111 cm³/mol. The minimum Gasteiger partial charge on any atom is -0.356 e. The first-order chi connectivity index (χ1) is 12.6. The van der Waals surface area contributed by atoms with E-state index in [0.29, 0.717) is 0 Å². The van der Waals surface area contributed by atoms with Crippen LogP contribution in [0, 0.1) is 6.92 Å². The number of guanidine groups is 1. The van der Waals surface area contributed by atoms with Crippen molar-refractivity contribution in [3.8, 4) is 0 Å². The zero-order valence-electron chi connectivity index (χ0n) is 15.6. The Labute approximate surface area is 164 Å². The second-order valence-electron chi connectivity index (χ2n) is 6.99. The van der Waals surface area contributed by atoms with Crippen LogP contribution in [0.2, 0.25) is 0 Å². The third-order valence-electron chi connectivity index (χ3n) is 5.16. The number of imidazole rings is 1. The van der Waals surface area contributed by atoms with Crippen LogP contribution in [0.15, 0.2) is 46.1 Å². The van der Waals surface area contributed by atoms with Crippen LogP contribution in [-0.4, -0.2) is 35.6 Å². The van der Waals surface area contributed by atoms with Gasteiger partial charge in [0.05, 0.1) is 0 Å². The van der Waals surface area contributed by atoms with Gasteiger partial charge in [-0.05, 0) is 44.2 Å². The van der Waals surface area contributed by atoms with Crippen molar-refractivity contribution in [1.82, 2.24) is 20.2 Å². The molecule has 0 aliphatic heterocycles. The Bertz CT molecular complexity index is 748. The zero-order chi connectivity index (χ0) is 18.4. The average molecular weight is 418 g/mol. The SMILES string of the molecule is CN=C(NCCCCn1ccnc1C)NCC1(c2ccccc2Br)CC1. The molecule has 0 spiro atoms. The third-order valence-corrected chi connectivity index (χ3v) is 5.85. The minimum atomic E-state index is 0.247. The molecule has 1 aromatic carbocycles. The van der Waals surface area contributed by atoms with Crippen LogP contribution in [-0.2, 0) is 12.0 Å². The fourth-order valence-corrected chi connectivity index (χ4v) is 4.02. The van der Waals surface area contributed by atoms with Crippen molar-refractivity contribution in [2.24, 2.45) is 4.99 Å². The van der Waals surface area contributed by atoms with E-state index in [-0.39, 0.29) is 5.41 Å². The molecule has 2 aromatic rings. The first kappa shape index (κ1) is 19.0. The van der Waals surface area contributed by atoms with Crippen LogP contribution in [0.25, 0.3) is 0 Å². The first-order valence-electron chi connectivity index (χ1n) is 9.32. The number of halogens is 1. The molecule has 0 bridgehead atoms. The van der Waals surface area contributed by atoms with Crippen molar-refractivity contribution in [3.63, 3.8) is 0 Å². The van der Waals surface area contributed by atoms with Crippen molar-refractivity contribution in [1.29, 1.82) is 0 Å². The summed E-state index contributed by atoms with van der Waals surface area (Å²) in [5.41, 5.74) is 1.65. The summed E-state index contributed by atoms with van der Waals surface area (Å²) in [6.07, 6.45) is 8.59. The normalized spacial score (nSPS) is 15.7. The summed E-state index contributed by atoms with van der Waals surface area (Å²) >= 11 is 3.70. The second kappa shape index (κ2) is 8.71. The molecule has 5 nitrogen and oxygen atoms in total. The second-order valence-corrected chi connectivity index (χ2v) is 7.84. The third kappa shape index (κ3) is 4.67. The molecule has 2 N–H and O–H groups in total. The highest BCUT2D eigenvalue weighted by molar-refractivity contribution is 9.10. The maximum Gasteiger partial charge on any atom is 0.191 e. The molecule has 1 fully saturated rings. The number of unbranched alkanes of at least 4 members (excludes halogenated alkanes) is 1. The van der Waals surface area contributed by atoms with Gasteiger partial charge in [-0.1, -0.05) is 34.1 Å². The lowest BCUT2D eigenvalue weighted by atomic mass is 9.96. The quantitative estimate of drug-likeness (QED) is 0.391. The van der Waals surface area contributed by atoms with Gasteiger partial charge in [-0.2, -0.15) is 0 Å². The zero-order valence-corrected chi connectivity index (χ0v) is 17.2. The van der Waals surface area contributed by atoms with Gasteiger partial charge in [0.15, 0.2) is 5.96 Å². The number of hydrogen-bond donors (Lipinski definition) is 2. The molecule has 1 saturated carbocycles. The summed E-state index contributed by atoms with van der Waals surface area (Å²) in [6.45, 7) is 4.91. The van der Waals surface area contributed by atoms with Gasteiger partial charge in [-0.3, -0.25) is 4.99 Å². The van der Waals surface area contributed by atoms with Crippen LogP contribution in [0.3, 0.4) is 0 Å². The molecule has 6 heteroatoms. The van der Waals surface area contributed by atoms with E-state index in [9.17, 15) is 0 Å². The average Bonchev–Trinajstić information content (AvgIpc) is 3.33. The summed E-state index contributed by atoms with van der Waals surface area (Å²) in [5.74, 6) is 1.97. The maximum absolute atomic E-state index is 4.36. The van der Waals surface area contributed by atoms with Gasteiger partial charge in [0.25, 0.3) is 0 Å². The van der Waals surface area contributed by atoms with Crippen molar-refractivity contribution in [3.05, 3.63) is 52.5 Å². The molecule has 1 aromatic heterocycles. The number of aromatic nitrogens is 2. The van der Waals surface area contributed by atoms with Gasteiger partial charge in [0.2, 0.25) is 0 Å². The van der Waals surface area contributed by atoms with Crippen LogP contribution < -0.4 is 10.6 Å². The van der Waals surface area contributed by atoms with Gasteiger partial charge >= 0.3 is 0 Å². The molecule has 0 atom stereocenters. The Morgan fingerprint density at radius 2 is 2.08 bits per heavy atom. The number of benzene rings is 1. The minimum absolute atomic E-state index is 0.247. The van der Waals surface area contributed by atoms with Crippen LogP contribution in [0.5, 0.6) is 0 Å². The molecular formula is C20H28BrN5. The molecule has 0 saturated heterocycles. The molecular weight excluding hydrogens is 390 g/mol. The molecule has 0 amide bonds. The number of rotatable bonds is 8. The Morgan fingerprint density at radius 1 is 1.27 bits per heavy atom. The largest absolute Gasteiger partial charge is 0.356 e. The predicted octanol–water partition coefficient (Wildman–Crippen LogP) is 3.63. The lowest BCUT2D eigenvalue weighted by Crippen LogP contribution is -2.41. The Kier molecular flexibility index (Phi) is 6.35. The molecule has 0 radical (unpaired) electrons. The first-order valence-corrected chi connectivity index (χ1v) is 10.1. The molecule has 26 heavy (non-hydrogen) atoms. The number of nitrogens with one attached hydrogen (secondary N) is 2. The monoisotopic (exact) mass is 417 g/mol. The Morgan fingerprint density at radius 3 is 2.73 bits per heavy atom. The standard InChI is InChI=1S/C20H28BrN5/c1-16-23-12-14-26(16)13-6-5-11-24-19(22-2)25-15-20(9-10-20)17-7-3-4-8-18(17)21/h3-4,7-8,12,14H,5-6,9-11,13,15H2,1-2H3,(H2,22,24,25). The van der Waals surface area contributed by atoms with Crippen LogP contribution in [0.4, 0.5) is 0 Å². The Balaban J connectivity index is 1.40. The number of nitrogens with zero attached hydrogens (tertiary/aromatic N) is 3. The summed E-state index contributed by atoms with van der Waals surface area (Å²) in [5, 5.41) is 6.95. The fourth-order valence-electron chi connectivity index (χ4n) is 3.31. The molecule has 140 valence electrons. The van der Waals surface area contributed by atoms with Crippen LogP contribution in [0.1, 0.15) is 37.1 Å². The van der Waals surface area contributed by atoms with Crippen molar-refractivity contribution >= 4 is 21.9 Å². The number of aryl methyl sites for hydroxylation is 2. The molecule has 1 aliphatic rings. The van der Waals surface area contributed by atoms with Gasteiger partial charge in [-0.15, -0.1) is 0 Å². The van der Waals surface area contributed by atoms with Crippen molar-refractivity contribution < 1.29 is 0 Å². The van der Waals surface area contributed by atoms with E-state index >= 15 is 0 Å².